The molecule has 29 heavy (non-hydrogen) atoms. The first kappa shape index (κ1) is 22.4. The van der Waals surface area contributed by atoms with Gasteiger partial charge in [-0.15, -0.1) is 11.3 Å². The molecule has 0 radical (unpaired) electrons. The average molecular weight is 440 g/mol. The van der Waals surface area contributed by atoms with Gasteiger partial charge in [-0.2, -0.15) is 0 Å². The number of sulfone groups is 1. The van der Waals surface area contributed by atoms with E-state index >= 15 is 0 Å². The van der Waals surface area contributed by atoms with Gasteiger partial charge in [0.05, 0.1) is 24.2 Å². The normalized spacial score (nSPS) is 11.0. The van der Waals surface area contributed by atoms with E-state index in [0.29, 0.717) is 5.75 Å². The smallest absolute Gasteiger partial charge is 0.348 e. The fraction of sp³-hybridized carbons (Fsp3) is 0.278. The zero-order chi connectivity index (χ0) is 21.8. The molecule has 9 nitrogen and oxygen atoms in total. The van der Waals surface area contributed by atoms with Gasteiger partial charge < -0.3 is 20.5 Å². The van der Waals surface area contributed by atoms with Crippen molar-refractivity contribution in [1.29, 1.82) is 0 Å². The fourth-order valence-corrected chi connectivity index (χ4v) is 4.75. The zero-order valence-electron chi connectivity index (χ0n) is 16.0. The first-order valence-corrected chi connectivity index (χ1v) is 10.8. The summed E-state index contributed by atoms with van der Waals surface area (Å²) in [5.41, 5.74) is 5.56. The Morgan fingerprint density at radius 3 is 2.31 bits per heavy atom. The molecule has 1 heterocycles. The maximum absolute atomic E-state index is 12.5. The van der Waals surface area contributed by atoms with Crippen LogP contribution in [0.1, 0.15) is 32.5 Å². The molecule has 0 aliphatic rings. The molecule has 0 atom stereocenters. The fourth-order valence-electron chi connectivity index (χ4n) is 2.49. The minimum Gasteiger partial charge on any atom is -0.497 e. The predicted octanol–water partition coefficient (Wildman–Crippen LogP) is 1.75. The van der Waals surface area contributed by atoms with E-state index in [1.54, 1.807) is 6.92 Å². The second-order valence-corrected chi connectivity index (χ2v) is 8.84. The van der Waals surface area contributed by atoms with Crippen LogP contribution in [0.15, 0.2) is 29.2 Å². The zero-order valence-corrected chi connectivity index (χ0v) is 17.6. The lowest BCUT2D eigenvalue weighted by molar-refractivity contribution is -0.113. The van der Waals surface area contributed by atoms with E-state index in [2.05, 4.69) is 5.32 Å². The molecule has 2 amide bonds. The van der Waals surface area contributed by atoms with E-state index in [-0.39, 0.29) is 32.5 Å². The molecule has 0 saturated heterocycles. The van der Waals surface area contributed by atoms with Gasteiger partial charge in [0.25, 0.3) is 5.91 Å². The third-order valence-corrected chi connectivity index (χ3v) is 6.67. The molecular formula is C18H20N2O7S2. The van der Waals surface area contributed by atoms with Crippen LogP contribution in [0.3, 0.4) is 0 Å². The van der Waals surface area contributed by atoms with Crippen molar-refractivity contribution >= 4 is 44.0 Å². The summed E-state index contributed by atoms with van der Waals surface area (Å²) in [5.74, 6) is -2.78. The molecule has 0 aliphatic heterocycles. The molecule has 0 fully saturated rings. The molecule has 0 bridgehead atoms. The number of hydrogen-bond donors (Lipinski definition) is 2. The number of nitrogens with two attached hydrogens (primary N) is 1. The number of esters is 1. The minimum atomic E-state index is -3.94. The van der Waals surface area contributed by atoms with Gasteiger partial charge in [-0.3, -0.25) is 9.59 Å². The summed E-state index contributed by atoms with van der Waals surface area (Å²) in [6.07, 6.45) is 0. The van der Waals surface area contributed by atoms with Crippen molar-refractivity contribution in [1.82, 2.24) is 0 Å². The summed E-state index contributed by atoms with van der Waals surface area (Å²) in [6, 6.07) is 5.57. The second-order valence-electron chi connectivity index (χ2n) is 5.83. The lowest BCUT2D eigenvalue weighted by Crippen LogP contribution is -2.24. The molecule has 2 aromatic rings. The highest BCUT2D eigenvalue weighted by Gasteiger charge is 2.27. The van der Waals surface area contributed by atoms with Gasteiger partial charge in [0.15, 0.2) is 9.84 Å². The number of anilines is 1. The Kier molecular flexibility index (Phi) is 6.98. The van der Waals surface area contributed by atoms with Crippen molar-refractivity contribution in [2.75, 3.05) is 24.8 Å². The topological polar surface area (TPSA) is 142 Å². The molecule has 11 heteroatoms. The molecular weight excluding hydrogens is 420 g/mol. The van der Waals surface area contributed by atoms with Crippen LogP contribution in [0.25, 0.3) is 0 Å². The van der Waals surface area contributed by atoms with Crippen LogP contribution in [0, 0.1) is 6.92 Å². The molecule has 3 N–H and O–H groups in total. The van der Waals surface area contributed by atoms with Gasteiger partial charge in [0.2, 0.25) is 5.91 Å². The molecule has 2 rings (SSSR count). The summed E-state index contributed by atoms with van der Waals surface area (Å²) < 4.78 is 34.8. The van der Waals surface area contributed by atoms with Gasteiger partial charge in [-0.1, -0.05) is 0 Å². The van der Waals surface area contributed by atoms with E-state index in [1.165, 1.54) is 38.3 Å². The number of methoxy groups -OCH3 is 1. The number of ether oxygens (including phenoxy) is 2. The van der Waals surface area contributed by atoms with Gasteiger partial charge in [-0.05, 0) is 43.7 Å². The number of hydrogen-bond acceptors (Lipinski definition) is 8. The Bertz CT molecular complexity index is 1040. The summed E-state index contributed by atoms with van der Waals surface area (Å²) in [6.45, 7) is 3.25. The Morgan fingerprint density at radius 2 is 1.79 bits per heavy atom. The number of nitrogens with one attached hydrogen (secondary N) is 1. The van der Waals surface area contributed by atoms with Crippen LogP contribution in [0.5, 0.6) is 5.75 Å². The average Bonchev–Trinajstić information content (AvgIpc) is 2.97. The van der Waals surface area contributed by atoms with Crippen molar-refractivity contribution in [2.24, 2.45) is 5.73 Å². The van der Waals surface area contributed by atoms with E-state index in [4.69, 9.17) is 15.2 Å². The van der Waals surface area contributed by atoms with Crippen LogP contribution in [-0.2, 0) is 19.4 Å². The van der Waals surface area contributed by atoms with E-state index in [0.717, 1.165) is 11.3 Å². The van der Waals surface area contributed by atoms with E-state index in [1.807, 2.05) is 0 Å². The van der Waals surface area contributed by atoms with E-state index in [9.17, 15) is 22.8 Å². The molecule has 156 valence electrons. The first-order valence-electron chi connectivity index (χ1n) is 8.37. The summed E-state index contributed by atoms with van der Waals surface area (Å²) in [7, 11) is -2.49. The third kappa shape index (κ3) is 5.12. The highest BCUT2D eigenvalue weighted by molar-refractivity contribution is 7.92. The Labute approximate surface area is 171 Å². The van der Waals surface area contributed by atoms with Crippen LogP contribution in [0.4, 0.5) is 5.00 Å². The number of rotatable bonds is 8. The van der Waals surface area contributed by atoms with Crippen molar-refractivity contribution in [3.63, 3.8) is 0 Å². The predicted molar refractivity (Wildman–Crippen MR) is 107 cm³/mol. The lowest BCUT2D eigenvalue weighted by atomic mass is 10.1. The minimum absolute atomic E-state index is 0.00650. The van der Waals surface area contributed by atoms with Gasteiger partial charge >= 0.3 is 5.97 Å². The number of benzene rings is 1. The standard InChI is InChI=1S/C18H20N2O7S2/c1-4-27-18(23)15-10(2)14(16(19)22)17(28-15)20-13(21)9-29(24,25)12-7-5-11(26-3)6-8-12/h5-8H,4,9H2,1-3H3,(H2,19,22)(H,20,21). The van der Waals surface area contributed by atoms with Crippen molar-refractivity contribution in [3.05, 3.63) is 40.3 Å². The molecule has 1 aromatic heterocycles. The third-order valence-electron chi connectivity index (χ3n) is 3.85. The highest BCUT2D eigenvalue weighted by Crippen LogP contribution is 2.33. The Morgan fingerprint density at radius 1 is 1.17 bits per heavy atom. The number of amides is 2. The number of primary amides is 1. The van der Waals surface area contributed by atoms with Crippen LogP contribution < -0.4 is 15.8 Å². The Balaban J connectivity index is 2.26. The lowest BCUT2D eigenvalue weighted by Gasteiger charge is -2.07. The molecule has 0 saturated carbocycles. The van der Waals surface area contributed by atoms with E-state index < -0.39 is 33.4 Å². The monoisotopic (exact) mass is 440 g/mol. The molecule has 0 unspecified atom stereocenters. The SMILES string of the molecule is CCOC(=O)c1sc(NC(=O)CS(=O)(=O)c2ccc(OC)cc2)c(C(N)=O)c1C. The van der Waals surface area contributed by atoms with Gasteiger partial charge in [0.1, 0.15) is 21.4 Å². The summed E-state index contributed by atoms with van der Waals surface area (Å²) >= 11 is 0.799. The maximum atomic E-state index is 12.5. The van der Waals surface area contributed by atoms with Crippen molar-refractivity contribution in [3.8, 4) is 5.75 Å². The molecule has 1 aromatic carbocycles. The number of thiophene rings is 1. The second kappa shape index (κ2) is 9.05. The van der Waals surface area contributed by atoms with Crippen LogP contribution in [-0.4, -0.2) is 45.7 Å². The van der Waals surface area contributed by atoms with Crippen molar-refractivity contribution in [2.45, 2.75) is 18.7 Å². The highest BCUT2D eigenvalue weighted by atomic mass is 32.2. The van der Waals surface area contributed by atoms with Crippen molar-refractivity contribution < 1.29 is 32.3 Å². The number of carbonyl (C=O) groups is 3. The Hall–Kier alpha value is -2.92. The largest absolute Gasteiger partial charge is 0.497 e. The number of carbonyl (C=O) groups excluding carboxylic acids is 3. The van der Waals surface area contributed by atoms with Crippen LogP contribution >= 0.6 is 11.3 Å². The summed E-state index contributed by atoms with van der Waals surface area (Å²) in [5, 5.41) is 2.36. The summed E-state index contributed by atoms with van der Waals surface area (Å²) in [4.78, 5) is 36.2. The van der Waals surface area contributed by atoms with Gasteiger partial charge in [0, 0.05) is 0 Å². The first-order chi connectivity index (χ1) is 13.6. The molecule has 0 spiro atoms. The van der Waals surface area contributed by atoms with Crippen LogP contribution in [0.2, 0.25) is 0 Å². The quantitative estimate of drug-likeness (QED) is 0.596. The maximum Gasteiger partial charge on any atom is 0.348 e. The molecule has 0 aliphatic carbocycles. The van der Waals surface area contributed by atoms with Gasteiger partial charge in [-0.25, -0.2) is 13.2 Å².